The monoisotopic (exact) mass is 336 g/mol. The van der Waals surface area contributed by atoms with Gasteiger partial charge in [0.2, 0.25) is 5.91 Å². The van der Waals surface area contributed by atoms with Gasteiger partial charge in [-0.2, -0.15) is 0 Å². The summed E-state index contributed by atoms with van der Waals surface area (Å²) in [5.41, 5.74) is 3.26. The minimum atomic E-state index is 0.00821. The zero-order valence-corrected chi connectivity index (χ0v) is 14.1. The number of fused-ring (bicyclic) bond motifs is 1. The number of rotatable bonds is 4. The Morgan fingerprint density at radius 1 is 1.32 bits per heavy atom. The lowest BCUT2D eigenvalue weighted by atomic mass is 9.97. The predicted octanol–water partition coefficient (Wildman–Crippen LogP) is 2.73. The Balaban J connectivity index is 1.35. The summed E-state index contributed by atoms with van der Waals surface area (Å²) >= 11 is 0. The zero-order chi connectivity index (χ0) is 17.2. The third-order valence-corrected chi connectivity index (χ3v) is 4.80. The Hall–Kier alpha value is -2.89. The fraction of sp³-hybridized carbons (Fsp3) is 0.316. The molecule has 0 spiro atoms. The molecule has 3 heterocycles. The number of carbonyl (C=O) groups is 1. The van der Waals surface area contributed by atoms with E-state index in [4.69, 9.17) is 4.42 Å². The van der Waals surface area contributed by atoms with Crippen molar-refractivity contribution in [2.24, 2.45) is 5.92 Å². The first-order valence-corrected chi connectivity index (χ1v) is 8.47. The highest BCUT2D eigenvalue weighted by Crippen LogP contribution is 2.22. The van der Waals surface area contributed by atoms with Crippen LogP contribution in [0.25, 0.3) is 11.3 Å². The van der Waals surface area contributed by atoms with Crippen molar-refractivity contribution in [1.29, 1.82) is 0 Å². The number of amides is 1. The zero-order valence-electron chi connectivity index (χ0n) is 14.1. The average molecular weight is 336 g/mol. The number of oxazole rings is 1. The molecule has 0 fully saturated rings. The molecule has 1 amide bonds. The molecule has 4 rings (SSSR count). The van der Waals surface area contributed by atoms with Crippen molar-refractivity contribution in [3.05, 3.63) is 60.1 Å². The van der Waals surface area contributed by atoms with Gasteiger partial charge in [-0.3, -0.25) is 4.79 Å². The van der Waals surface area contributed by atoms with Crippen LogP contribution in [0.15, 0.2) is 47.5 Å². The van der Waals surface area contributed by atoms with Crippen LogP contribution in [0.4, 0.5) is 0 Å². The van der Waals surface area contributed by atoms with Crippen LogP contribution in [0.2, 0.25) is 0 Å². The Kier molecular flexibility index (Phi) is 4.09. The number of aromatic nitrogens is 3. The summed E-state index contributed by atoms with van der Waals surface area (Å²) in [5, 5.41) is 3.06. The van der Waals surface area contributed by atoms with E-state index < -0.39 is 0 Å². The largest absolute Gasteiger partial charge is 0.444 e. The number of imidazole rings is 1. The molecule has 0 bridgehead atoms. The van der Waals surface area contributed by atoms with E-state index in [0.29, 0.717) is 6.54 Å². The van der Waals surface area contributed by atoms with Crippen molar-refractivity contribution >= 4 is 5.91 Å². The van der Waals surface area contributed by atoms with Gasteiger partial charge in [0.15, 0.2) is 12.2 Å². The van der Waals surface area contributed by atoms with Crippen molar-refractivity contribution in [3.8, 4) is 11.3 Å². The maximum absolute atomic E-state index is 12.5. The number of hydrogen-bond donors (Lipinski definition) is 1. The average Bonchev–Trinajstić information content (AvgIpc) is 3.30. The first kappa shape index (κ1) is 15.6. The van der Waals surface area contributed by atoms with Gasteiger partial charge in [-0.05, 0) is 25.3 Å². The van der Waals surface area contributed by atoms with Gasteiger partial charge in [0.25, 0.3) is 0 Å². The molecule has 128 valence electrons. The quantitative estimate of drug-likeness (QED) is 0.795. The van der Waals surface area contributed by atoms with E-state index >= 15 is 0 Å². The normalized spacial score (nSPS) is 16.4. The van der Waals surface area contributed by atoms with E-state index in [9.17, 15) is 4.79 Å². The molecule has 1 aromatic carbocycles. The van der Waals surface area contributed by atoms with Crippen LogP contribution in [-0.4, -0.2) is 20.4 Å². The van der Waals surface area contributed by atoms with Crippen molar-refractivity contribution in [3.63, 3.8) is 0 Å². The fourth-order valence-electron chi connectivity index (χ4n) is 3.29. The molecule has 1 unspecified atom stereocenters. The summed E-state index contributed by atoms with van der Waals surface area (Å²) in [6.07, 6.45) is 6.80. The molecule has 3 aromatic rings. The lowest BCUT2D eigenvalue weighted by Crippen LogP contribution is -2.35. The lowest BCUT2D eigenvalue weighted by Gasteiger charge is -2.24. The Labute approximate surface area is 145 Å². The van der Waals surface area contributed by atoms with Gasteiger partial charge in [-0.15, -0.1) is 0 Å². The number of carbonyl (C=O) groups excluding carboxylic acids is 1. The molecule has 1 aliphatic rings. The molecule has 6 heteroatoms. The third kappa shape index (κ3) is 3.20. The molecule has 1 aliphatic heterocycles. The second kappa shape index (κ2) is 6.55. The number of benzene rings is 1. The number of nitrogens with zero attached hydrogens (tertiary/aromatic N) is 3. The second-order valence-electron chi connectivity index (χ2n) is 6.42. The standard InChI is InChI=1S/C19H20N4O2/c1-13-21-9-17-7-6-16(11-23(13)17)19(24)22-8-14-2-4-15(5-3-14)18-10-20-12-25-18/h2-5,9-10,12,16H,6-8,11H2,1H3,(H,22,24). The van der Waals surface area contributed by atoms with Crippen LogP contribution in [0.1, 0.15) is 23.5 Å². The van der Waals surface area contributed by atoms with Gasteiger partial charge in [-0.1, -0.05) is 24.3 Å². The van der Waals surface area contributed by atoms with Crippen LogP contribution < -0.4 is 5.32 Å². The van der Waals surface area contributed by atoms with Crippen molar-refractivity contribution < 1.29 is 9.21 Å². The van der Waals surface area contributed by atoms with Gasteiger partial charge in [0.1, 0.15) is 5.82 Å². The van der Waals surface area contributed by atoms with Crippen LogP contribution in [0.5, 0.6) is 0 Å². The third-order valence-electron chi connectivity index (χ3n) is 4.80. The molecular weight excluding hydrogens is 316 g/mol. The molecule has 0 saturated heterocycles. The number of aryl methyl sites for hydroxylation is 2. The van der Waals surface area contributed by atoms with Crippen LogP contribution in [0, 0.1) is 12.8 Å². The van der Waals surface area contributed by atoms with Gasteiger partial charge < -0.3 is 14.3 Å². The number of hydrogen-bond acceptors (Lipinski definition) is 4. The topological polar surface area (TPSA) is 73.0 Å². The molecule has 0 saturated carbocycles. The highest BCUT2D eigenvalue weighted by Gasteiger charge is 2.25. The summed E-state index contributed by atoms with van der Waals surface area (Å²) in [7, 11) is 0. The maximum atomic E-state index is 12.5. The Bertz CT molecular complexity index is 865. The van der Waals surface area contributed by atoms with Gasteiger partial charge in [-0.25, -0.2) is 9.97 Å². The summed E-state index contributed by atoms with van der Waals surface area (Å²) in [6.45, 7) is 3.24. The first-order chi connectivity index (χ1) is 12.2. The van der Waals surface area contributed by atoms with Crippen molar-refractivity contribution in [1.82, 2.24) is 19.9 Å². The highest BCUT2D eigenvalue weighted by molar-refractivity contribution is 5.78. The van der Waals surface area contributed by atoms with Crippen molar-refractivity contribution in [2.45, 2.75) is 32.9 Å². The Morgan fingerprint density at radius 3 is 2.92 bits per heavy atom. The molecule has 0 aliphatic carbocycles. The molecule has 1 atom stereocenters. The van der Waals surface area contributed by atoms with E-state index in [2.05, 4.69) is 19.9 Å². The minimum absolute atomic E-state index is 0.00821. The molecule has 6 nitrogen and oxygen atoms in total. The maximum Gasteiger partial charge on any atom is 0.225 e. The Morgan fingerprint density at radius 2 is 2.16 bits per heavy atom. The summed E-state index contributed by atoms with van der Waals surface area (Å²) in [6, 6.07) is 7.95. The fourth-order valence-corrected chi connectivity index (χ4v) is 3.29. The second-order valence-corrected chi connectivity index (χ2v) is 6.42. The lowest BCUT2D eigenvalue weighted by molar-refractivity contribution is -0.126. The van der Waals surface area contributed by atoms with E-state index in [1.165, 1.54) is 12.1 Å². The van der Waals surface area contributed by atoms with Gasteiger partial charge >= 0.3 is 0 Å². The van der Waals surface area contributed by atoms with Crippen LogP contribution in [-0.2, 0) is 24.3 Å². The van der Waals surface area contributed by atoms with E-state index in [1.807, 2.05) is 37.4 Å². The van der Waals surface area contributed by atoms with Crippen LogP contribution >= 0.6 is 0 Å². The summed E-state index contributed by atoms with van der Waals surface area (Å²) < 4.78 is 7.43. The SMILES string of the molecule is Cc1ncc2n1CC(C(=O)NCc1ccc(-c3cnco3)cc1)CC2. The number of nitrogens with one attached hydrogen (secondary N) is 1. The van der Waals surface area contributed by atoms with E-state index in [1.54, 1.807) is 6.20 Å². The van der Waals surface area contributed by atoms with Gasteiger partial charge in [0.05, 0.1) is 12.1 Å². The summed E-state index contributed by atoms with van der Waals surface area (Å²) in [4.78, 5) is 20.8. The highest BCUT2D eigenvalue weighted by atomic mass is 16.3. The molecular formula is C19H20N4O2. The van der Waals surface area contributed by atoms with E-state index in [0.717, 1.165) is 42.1 Å². The smallest absolute Gasteiger partial charge is 0.225 e. The minimum Gasteiger partial charge on any atom is -0.444 e. The molecule has 1 N–H and O–H groups in total. The molecule has 0 radical (unpaired) electrons. The molecule has 25 heavy (non-hydrogen) atoms. The first-order valence-electron chi connectivity index (χ1n) is 8.47. The predicted molar refractivity (Wildman–Crippen MR) is 92.6 cm³/mol. The van der Waals surface area contributed by atoms with Crippen molar-refractivity contribution in [2.75, 3.05) is 0 Å². The molecule has 2 aromatic heterocycles. The van der Waals surface area contributed by atoms with E-state index in [-0.39, 0.29) is 11.8 Å². The summed E-state index contributed by atoms with van der Waals surface area (Å²) in [5.74, 6) is 1.84. The van der Waals surface area contributed by atoms with Crippen LogP contribution in [0.3, 0.4) is 0 Å². The van der Waals surface area contributed by atoms with Gasteiger partial charge in [0, 0.05) is 30.5 Å².